The van der Waals surface area contributed by atoms with Crippen LogP contribution in [0, 0.1) is 0 Å². The van der Waals surface area contributed by atoms with Gasteiger partial charge in [-0.25, -0.2) is 0 Å². The topological polar surface area (TPSA) is 52.6 Å². The highest BCUT2D eigenvalue weighted by Crippen LogP contribution is 2.39. The number of benzene rings is 3. The Bertz CT molecular complexity index is 1250. The monoisotopic (exact) mass is 503 g/mol. The van der Waals surface area contributed by atoms with Gasteiger partial charge < -0.3 is 10.2 Å². The van der Waals surface area contributed by atoms with Crippen LogP contribution in [-0.2, 0) is 5.41 Å². The van der Waals surface area contributed by atoms with Crippen molar-refractivity contribution in [3.63, 3.8) is 0 Å². The standard InChI is InChI=1S/C30H34ClN3O2/c1-30(2,3)24-12-8-6-10-22(24)28(35)32-21-16-14-20(15-17-21)29(36)34-26-13-9-7-11-23(26)25(33(4)5)18-19-27(34)31/h6-17,25,27H,18-19H2,1-5H3,(H,32,35). The van der Waals surface area contributed by atoms with Gasteiger partial charge in [0.15, 0.2) is 0 Å². The van der Waals surface area contributed by atoms with Gasteiger partial charge in [0, 0.05) is 22.9 Å². The Kier molecular flexibility index (Phi) is 7.53. The molecule has 1 aliphatic rings. The van der Waals surface area contributed by atoms with E-state index >= 15 is 0 Å². The fourth-order valence-corrected chi connectivity index (χ4v) is 5.18. The maximum atomic E-state index is 13.7. The van der Waals surface area contributed by atoms with Crippen molar-refractivity contribution >= 4 is 34.8 Å². The molecule has 4 rings (SSSR count). The first-order chi connectivity index (χ1) is 17.1. The van der Waals surface area contributed by atoms with Crippen LogP contribution in [0.4, 0.5) is 11.4 Å². The lowest BCUT2D eigenvalue weighted by Crippen LogP contribution is -2.37. The van der Waals surface area contributed by atoms with Gasteiger partial charge in [-0.2, -0.15) is 0 Å². The molecule has 0 aromatic heterocycles. The van der Waals surface area contributed by atoms with E-state index in [-0.39, 0.29) is 23.3 Å². The molecule has 1 aliphatic heterocycles. The second-order valence-corrected chi connectivity index (χ2v) is 11.1. The zero-order chi connectivity index (χ0) is 26.0. The van der Waals surface area contributed by atoms with Gasteiger partial charge in [0.2, 0.25) is 0 Å². The van der Waals surface area contributed by atoms with E-state index in [1.807, 2.05) is 42.5 Å². The highest BCUT2D eigenvalue weighted by atomic mass is 35.5. The fraction of sp³-hybridized carbons (Fsp3) is 0.333. The Morgan fingerprint density at radius 3 is 2.22 bits per heavy atom. The number of para-hydroxylation sites is 1. The number of amides is 2. The minimum absolute atomic E-state index is 0.155. The molecule has 3 aromatic carbocycles. The molecule has 1 heterocycles. The first kappa shape index (κ1) is 25.9. The summed E-state index contributed by atoms with van der Waals surface area (Å²) >= 11 is 6.78. The third-order valence-electron chi connectivity index (χ3n) is 6.73. The van der Waals surface area contributed by atoms with Crippen molar-refractivity contribution in [1.29, 1.82) is 0 Å². The third-order valence-corrected chi connectivity index (χ3v) is 7.14. The molecule has 0 radical (unpaired) electrons. The summed E-state index contributed by atoms with van der Waals surface area (Å²) < 4.78 is 0. The zero-order valence-electron chi connectivity index (χ0n) is 21.6. The number of nitrogens with one attached hydrogen (secondary N) is 1. The molecule has 6 heteroatoms. The van der Waals surface area contributed by atoms with E-state index in [4.69, 9.17) is 11.6 Å². The molecule has 2 amide bonds. The van der Waals surface area contributed by atoms with E-state index in [1.54, 1.807) is 29.2 Å². The minimum Gasteiger partial charge on any atom is -0.322 e. The Morgan fingerprint density at radius 2 is 1.56 bits per heavy atom. The Labute approximate surface area is 219 Å². The van der Waals surface area contributed by atoms with Crippen molar-refractivity contribution in [2.75, 3.05) is 24.3 Å². The van der Waals surface area contributed by atoms with E-state index in [9.17, 15) is 9.59 Å². The summed E-state index contributed by atoms with van der Waals surface area (Å²) in [6.07, 6.45) is 1.55. The fourth-order valence-electron chi connectivity index (χ4n) is 4.86. The van der Waals surface area contributed by atoms with Gasteiger partial charge in [-0.15, -0.1) is 0 Å². The third kappa shape index (κ3) is 5.32. The highest BCUT2D eigenvalue weighted by Gasteiger charge is 2.33. The maximum Gasteiger partial charge on any atom is 0.259 e. The number of nitrogens with zero attached hydrogens (tertiary/aromatic N) is 2. The lowest BCUT2D eigenvalue weighted by atomic mass is 9.83. The molecule has 0 fully saturated rings. The van der Waals surface area contributed by atoms with E-state index in [1.165, 1.54) is 0 Å². The largest absolute Gasteiger partial charge is 0.322 e. The molecule has 188 valence electrons. The smallest absolute Gasteiger partial charge is 0.259 e. The van der Waals surface area contributed by atoms with Crippen LogP contribution in [0.15, 0.2) is 72.8 Å². The number of fused-ring (bicyclic) bond motifs is 1. The van der Waals surface area contributed by atoms with Crippen LogP contribution in [0.1, 0.15) is 71.5 Å². The van der Waals surface area contributed by atoms with Crippen molar-refractivity contribution < 1.29 is 9.59 Å². The van der Waals surface area contributed by atoms with Crippen molar-refractivity contribution in [3.05, 3.63) is 95.1 Å². The van der Waals surface area contributed by atoms with Crippen LogP contribution < -0.4 is 10.2 Å². The first-order valence-electron chi connectivity index (χ1n) is 12.3. The number of halogens is 1. The van der Waals surface area contributed by atoms with Crippen LogP contribution in [0.2, 0.25) is 0 Å². The van der Waals surface area contributed by atoms with Crippen molar-refractivity contribution in [3.8, 4) is 0 Å². The highest BCUT2D eigenvalue weighted by molar-refractivity contribution is 6.26. The molecular formula is C30H34ClN3O2. The predicted molar refractivity (Wildman–Crippen MR) is 148 cm³/mol. The van der Waals surface area contributed by atoms with Gasteiger partial charge in [0.05, 0.1) is 5.69 Å². The van der Waals surface area contributed by atoms with Gasteiger partial charge >= 0.3 is 0 Å². The second-order valence-electron chi connectivity index (χ2n) is 10.6. The molecule has 0 aliphatic carbocycles. The molecule has 1 N–H and O–H groups in total. The van der Waals surface area contributed by atoms with Crippen LogP contribution in [0.3, 0.4) is 0 Å². The molecule has 2 atom stereocenters. The number of anilines is 2. The first-order valence-corrected chi connectivity index (χ1v) is 12.8. The lowest BCUT2D eigenvalue weighted by Gasteiger charge is -2.28. The summed E-state index contributed by atoms with van der Waals surface area (Å²) in [6, 6.07) is 22.8. The van der Waals surface area contributed by atoms with E-state index in [0.29, 0.717) is 23.2 Å². The molecule has 3 aromatic rings. The summed E-state index contributed by atoms with van der Waals surface area (Å²) in [6.45, 7) is 6.27. The number of carbonyl (C=O) groups is 2. The molecular weight excluding hydrogens is 470 g/mol. The van der Waals surface area contributed by atoms with Crippen LogP contribution in [0.25, 0.3) is 0 Å². The lowest BCUT2D eigenvalue weighted by molar-refractivity contribution is 0.0982. The summed E-state index contributed by atoms with van der Waals surface area (Å²) in [5.74, 6) is -0.325. The molecule has 0 saturated heterocycles. The Morgan fingerprint density at radius 1 is 0.917 bits per heavy atom. The van der Waals surface area contributed by atoms with Crippen LogP contribution in [-0.4, -0.2) is 36.3 Å². The van der Waals surface area contributed by atoms with Gasteiger partial charge in [0.1, 0.15) is 5.50 Å². The molecule has 36 heavy (non-hydrogen) atoms. The SMILES string of the molecule is CN(C)C1CCC(Cl)N(C(=O)c2ccc(NC(=O)c3ccccc3C(C)(C)C)cc2)c2ccccc21. The summed E-state index contributed by atoms with van der Waals surface area (Å²) in [5.41, 5.74) is 4.12. The average Bonchev–Trinajstić information content (AvgIpc) is 2.99. The van der Waals surface area contributed by atoms with Gasteiger partial charge in [0.25, 0.3) is 11.8 Å². The second kappa shape index (κ2) is 10.5. The van der Waals surface area contributed by atoms with Gasteiger partial charge in [-0.1, -0.05) is 68.8 Å². The normalized spacial score (nSPS) is 17.9. The van der Waals surface area contributed by atoms with Crippen LogP contribution in [0.5, 0.6) is 0 Å². The Balaban J connectivity index is 1.57. The molecule has 2 unspecified atom stereocenters. The molecule has 0 spiro atoms. The van der Waals surface area contributed by atoms with Crippen molar-refractivity contribution in [2.24, 2.45) is 0 Å². The number of carbonyl (C=O) groups excluding carboxylic acids is 2. The number of rotatable bonds is 4. The molecule has 0 saturated carbocycles. The summed E-state index contributed by atoms with van der Waals surface area (Å²) in [4.78, 5) is 30.6. The number of hydrogen-bond acceptors (Lipinski definition) is 3. The van der Waals surface area contributed by atoms with E-state index in [0.717, 1.165) is 23.2 Å². The Hall–Kier alpha value is -3.15. The molecule has 0 bridgehead atoms. The van der Waals surface area contributed by atoms with Gasteiger partial charge in [-0.3, -0.25) is 14.5 Å². The number of hydrogen-bond donors (Lipinski definition) is 1. The van der Waals surface area contributed by atoms with Crippen molar-refractivity contribution in [2.45, 2.75) is 50.6 Å². The van der Waals surface area contributed by atoms with Crippen LogP contribution >= 0.6 is 11.6 Å². The summed E-state index contributed by atoms with van der Waals surface area (Å²) in [7, 11) is 4.10. The molecule has 5 nitrogen and oxygen atoms in total. The minimum atomic E-state index is -0.447. The summed E-state index contributed by atoms with van der Waals surface area (Å²) in [5, 5.41) is 2.97. The predicted octanol–water partition coefficient (Wildman–Crippen LogP) is 6.84. The maximum absolute atomic E-state index is 13.7. The van der Waals surface area contributed by atoms with E-state index in [2.05, 4.69) is 51.1 Å². The average molecular weight is 504 g/mol. The van der Waals surface area contributed by atoms with Crippen molar-refractivity contribution in [1.82, 2.24) is 4.90 Å². The van der Waals surface area contributed by atoms with Gasteiger partial charge in [-0.05, 0) is 79.9 Å². The quantitative estimate of drug-likeness (QED) is 0.313. The zero-order valence-corrected chi connectivity index (χ0v) is 22.3. The number of alkyl halides is 1. The van der Waals surface area contributed by atoms with E-state index < -0.39 is 5.50 Å².